The average molecular weight is 465 g/mol. The molecule has 1 N–H and O–H groups in total. The maximum Gasteiger partial charge on any atom is 0.317 e. The zero-order valence-electron chi connectivity index (χ0n) is 16.4. The molecule has 2 fully saturated rings. The number of urea groups is 1. The number of amides is 2. The Morgan fingerprint density at radius 3 is 2.30 bits per heavy atom. The number of sulfonamides is 2. The lowest BCUT2D eigenvalue weighted by atomic mass is 10.3. The van der Waals surface area contributed by atoms with Gasteiger partial charge in [0.2, 0.25) is 20.0 Å². The Kier molecular flexibility index (Phi) is 7.29. The second kappa shape index (κ2) is 9.56. The van der Waals surface area contributed by atoms with Gasteiger partial charge in [-0.3, -0.25) is 0 Å². The molecule has 0 unspecified atom stereocenters. The summed E-state index contributed by atoms with van der Waals surface area (Å²) in [5.74, 6) is -0.853. The Morgan fingerprint density at radius 2 is 1.67 bits per heavy atom. The van der Waals surface area contributed by atoms with E-state index in [1.165, 1.54) is 31.7 Å². The van der Waals surface area contributed by atoms with Crippen LogP contribution in [0.4, 0.5) is 9.18 Å². The molecule has 10 nitrogen and oxygen atoms in total. The number of carbonyl (C=O) groups is 1. The minimum Gasteiger partial charge on any atom is -0.379 e. The van der Waals surface area contributed by atoms with Crippen LogP contribution in [-0.4, -0.2) is 101 Å². The number of ether oxygens (including phenoxy) is 1. The molecule has 0 aromatic heterocycles. The highest BCUT2D eigenvalue weighted by molar-refractivity contribution is 7.89. The summed E-state index contributed by atoms with van der Waals surface area (Å²) in [7, 11) is -7.31. The van der Waals surface area contributed by atoms with Crippen LogP contribution < -0.4 is 5.32 Å². The highest BCUT2D eigenvalue weighted by atomic mass is 32.2. The van der Waals surface area contributed by atoms with Crippen molar-refractivity contribution in [2.24, 2.45) is 0 Å². The quantitative estimate of drug-likeness (QED) is 0.607. The number of carbonyl (C=O) groups excluding carboxylic acids is 1. The van der Waals surface area contributed by atoms with Crippen LogP contribution in [0.3, 0.4) is 0 Å². The molecule has 1 aromatic carbocycles. The summed E-state index contributed by atoms with van der Waals surface area (Å²) in [6, 6.07) is 4.34. The van der Waals surface area contributed by atoms with Gasteiger partial charge in [0.1, 0.15) is 5.82 Å². The Morgan fingerprint density at radius 1 is 1.00 bits per heavy atom. The molecule has 0 atom stereocenters. The summed E-state index contributed by atoms with van der Waals surface area (Å²) < 4.78 is 70.8. The first-order valence-electron chi connectivity index (χ1n) is 9.54. The number of hydrogen-bond acceptors (Lipinski definition) is 6. The van der Waals surface area contributed by atoms with Gasteiger partial charge in [-0.05, 0) is 18.2 Å². The fourth-order valence-electron chi connectivity index (χ4n) is 3.26. The highest BCUT2D eigenvalue weighted by Crippen LogP contribution is 2.18. The van der Waals surface area contributed by atoms with Crippen LogP contribution in [0.5, 0.6) is 0 Å². The van der Waals surface area contributed by atoms with Crippen LogP contribution in [0.15, 0.2) is 29.2 Å². The van der Waals surface area contributed by atoms with Crippen molar-refractivity contribution >= 4 is 26.1 Å². The first-order valence-corrected chi connectivity index (χ1v) is 12.6. The largest absolute Gasteiger partial charge is 0.379 e. The Balaban J connectivity index is 1.47. The smallest absolute Gasteiger partial charge is 0.317 e. The summed E-state index contributed by atoms with van der Waals surface area (Å²) in [6.45, 7) is 1.71. The van der Waals surface area contributed by atoms with Gasteiger partial charge in [0, 0.05) is 45.8 Å². The molecular weight excluding hydrogens is 439 g/mol. The fourth-order valence-corrected chi connectivity index (χ4v) is 6.04. The molecule has 13 heteroatoms. The minimum atomic E-state index is -3.84. The van der Waals surface area contributed by atoms with Crippen molar-refractivity contribution in [3.8, 4) is 0 Å². The predicted octanol–water partition coefficient (Wildman–Crippen LogP) is -0.496. The van der Waals surface area contributed by atoms with Gasteiger partial charge >= 0.3 is 6.03 Å². The second-order valence-electron chi connectivity index (χ2n) is 6.91. The van der Waals surface area contributed by atoms with E-state index in [-0.39, 0.29) is 43.4 Å². The number of nitrogens with zero attached hydrogens (tertiary/aromatic N) is 3. The standard InChI is InChI=1S/C17H25FN4O6S2/c18-15-2-1-3-16(14-15)30(26,27)22-7-5-20(6-8-22)17(23)19-4-13-29(24,25)21-9-11-28-12-10-21/h1-3,14H,4-13H2,(H,19,23). The third kappa shape index (κ3) is 5.46. The van der Waals surface area contributed by atoms with Crippen LogP contribution in [0.2, 0.25) is 0 Å². The first kappa shape index (κ1) is 22.9. The molecule has 0 spiro atoms. The van der Waals surface area contributed by atoms with Gasteiger partial charge in [-0.25, -0.2) is 26.0 Å². The van der Waals surface area contributed by atoms with E-state index in [0.29, 0.717) is 26.3 Å². The number of halogens is 1. The Bertz CT molecular complexity index is 958. The fraction of sp³-hybridized carbons (Fsp3) is 0.588. The molecule has 2 saturated heterocycles. The number of morpholine rings is 1. The monoisotopic (exact) mass is 464 g/mol. The van der Waals surface area contributed by atoms with Crippen LogP contribution in [-0.2, 0) is 24.8 Å². The maximum absolute atomic E-state index is 13.4. The molecule has 2 aliphatic heterocycles. The van der Waals surface area contributed by atoms with E-state index in [2.05, 4.69) is 5.32 Å². The first-order chi connectivity index (χ1) is 14.2. The van der Waals surface area contributed by atoms with Crippen molar-refractivity contribution in [2.45, 2.75) is 4.90 Å². The lowest BCUT2D eigenvalue weighted by Gasteiger charge is -2.34. The minimum absolute atomic E-state index is 0.0413. The molecule has 2 aliphatic rings. The van der Waals surface area contributed by atoms with Crippen molar-refractivity contribution in [3.63, 3.8) is 0 Å². The predicted molar refractivity (Wildman–Crippen MR) is 106 cm³/mol. The SMILES string of the molecule is O=C(NCCS(=O)(=O)N1CCOCC1)N1CCN(S(=O)(=O)c2cccc(F)c2)CC1. The molecule has 0 radical (unpaired) electrons. The van der Waals surface area contributed by atoms with Gasteiger partial charge < -0.3 is 15.0 Å². The topological polar surface area (TPSA) is 116 Å². The number of piperazine rings is 1. The average Bonchev–Trinajstić information content (AvgIpc) is 2.74. The summed E-state index contributed by atoms with van der Waals surface area (Å²) in [5, 5.41) is 2.57. The zero-order chi connectivity index (χ0) is 21.8. The molecule has 0 aliphatic carbocycles. The van der Waals surface area contributed by atoms with Crippen molar-refractivity contribution in [1.82, 2.24) is 18.8 Å². The number of nitrogens with one attached hydrogen (secondary N) is 1. The van der Waals surface area contributed by atoms with E-state index in [1.807, 2.05) is 0 Å². The molecule has 0 saturated carbocycles. The van der Waals surface area contributed by atoms with E-state index in [0.717, 1.165) is 6.07 Å². The van der Waals surface area contributed by atoms with Crippen molar-refractivity contribution in [2.75, 3.05) is 64.8 Å². The Labute approximate surface area is 175 Å². The third-order valence-electron chi connectivity index (χ3n) is 4.96. The molecule has 0 bridgehead atoms. The molecule has 3 rings (SSSR count). The molecule has 168 valence electrons. The van der Waals surface area contributed by atoms with E-state index in [4.69, 9.17) is 4.74 Å². The van der Waals surface area contributed by atoms with Crippen LogP contribution in [0, 0.1) is 5.82 Å². The molecule has 2 amide bonds. The normalized spacial score (nSPS) is 19.6. The van der Waals surface area contributed by atoms with Crippen LogP contribution >= 0.6 is 0 Å². The molecule has 1 aromatic rings. The lowest BCUT2D eigenvalue weighted by molar-refractivity contribution is 0.0730. The molecular formula is C17H25FN4O6S2. The number of rotatable bonds is 6. The lowest BCUT2D eigenvalue weighted by Crippen LogP contribution is -2.53. The summed E-state index contributed by atoms with van der Waals surface area (Å²) in [6.07, 6.45) is 0. The number of hydrogen-bond donors (Lipinski definition) is 1. The van der Waals surface area contributed by atoms with E-state index >= 15 is 0 Å². The van der Waals surface area contributed by atoms with Crippen molar-refractivity contribution < 1.29 is 30.8 Å². The molecule has 2 heterocycles. The van der Waals surface area contributed by atoms with E-state index in [9.17, 15) is 26.0 Å². The Hall–Kier alpha value is -1.80. The second-order valence-corrected chi connectivity index (χ2v) is 10.9. The highest BCUT2D eigenvalue weighted by Gasteiger charge is 2.30. The summed E-state index contributed by atoms with van der Waals surface area (Å²) in [4.78, 5) is 13.6. The van der Waals surface area contributed by atoms with E-state index < -0.39 is 31.9 Å². The van der Waals surface area contributed by atoms with Gasteiger partial charge in [0.15, 0.2) is 0 Å². The van der Waals surface area contributed by atoms with Gasteiger partial charge in [-0.1, -0.05) is 6.07 Å². The summed E-state index contributed by atoms with van der Waals surface area (Å²) >= 11 is 0. The summed E-state index contributed by atoms with van der Waals surface area (Å²) in [5.41, 5.74) is 0. The van der Waals surface area contributed by atoms with Gasteiger partial charge in [0.25, 0.3) is 0 Å². The van der Waals surface area contributed by atoms with Gasteiger partial charge in [0.05, 0.1) is 23.9 Å². The van der Waals surface area contributed by atoms with Gasteiger partial charge in [-0.2, -0.15) is 8.61 Å². The van der Waals surface area contributed by atoms with Crippen LogP contribution in [0.1, 0.15) is 0 Å². The van der Waals surface area contributed by atoms with Crippen molar-refractivity contribution in [3.05, 3.63) is 30.1 Å². The van der Waals surface area contributed by atoms with Crippen LogP contribution in [0.25, 0.3) is 0 Å². The maximum atomic E-state index is 13.4. The number of benzene rings is 1. The van der Waals surface area contributed by atoms with Crippen molar-refractivity contribution in [1.29, 1.82) is 0 Å². The third-order valence-corrected chi connectivity index (χ3v) is 8.73. The molecule has 30 heavy (non-hydrogen) atoms. The zero-order valence-corrected chi connectivity index (χ0v) is 18.0. The van der Waals surface area contributed by atoms with E-state index in [1.54, 1.807) is 0 Å². The van der Waals surface area contributed by atoms with Gasteiger partial charge in [-0.15, -0.1) is 0 Å².